The molecule has 0 spiro atoms. The smallest absolute Gasteiger partial charge is 0.130 e. The zero-order valence-corrected chi connectivity index (χ0v) is 12.0. The number of aromatic nitrogens is 2. The van der Waals surface area contributed by atoms with Crippen LogP contribution in [0.1, 0.15) is 29.2 Å². The van der Waals surface area contributed by atoms with Gasteiger partial charge in [-0.2, -0.15) is 5.10 Å². The number of halogens is 2. The quantitative estimate of drug-likeness (QED) is 0.912. The zero-order chi connectivity index (χ0) is 14.7. The summed E-state index contributed by atoms with van der Waals surface area (Å²) in [6.45, 7) is 1.64. The molecule has 0 fully saturated rings. The van der Waals surface area contributed by atoms with Crippen molar-refractivity contribution in [1.29, 1.82) is 0 Å². The third-order valence-electron chi connectivity index (χ3n) is 3.48. The van der Waals surface area contributed by atoms with Gasteiger partial charge in [-0.05, 0) is 44.0 Å². The highest BCUT2D eigenvalue weighted by atomic mass is 19.1. The molecule has 0 aliphatic heterocycles. The highest BCUT2D eigenvalue weighted by Crippen LogP contribution is 2.24. The topological polar surface area (TPSA) is 29.9 Å². The van der Waals surface area contributed by atoms with Crippen molar-refractivity contribution in [1.82, 2.24) is 15.1 Å². The first-order valence-electron chi connectivity index (χ1n) is 6.61. The van der Waals surface area contributed by atoms with Crippen molar-refractivity contribution in [2.24, 2.45) is 7.05 Å². The monoisotopic (exact) mass is 279 g/mol. The van der Waals surface area contributed by atoms with E-state index in [9.17, 15) is 8.78 Å². The lowest BCUT2D eigenvalue weighted by Gasteiger charge is -2.18. The van der Waals surface area contributed by atoms with Crippen LogP contribution in [0, 0.1) is 18.6 Å². The Hall–Kier alpha value is -1.75. The highest BCUT2D eigenvalue weighted by molar-refractivity contribution is 5.28. The van der Waals surface area contributed by atoms with E-state index in [-0.39, 0.29) is 6.04 Å². The molecule has 2 aromatic rings. The Kier molecular flexibility index (Phi) is 4.49. The summed E-state index contributed by atoms with van der Waals surface area (Å²) in [4.78, 5) is 0. The molecule has 20 heavy (non-hydrogen) atoms. The predicted octanol–water partition coefficient (Wildman–Crippen LogP) is 2.90. The van der Waals surface area contributed by atoms with Crippen molar-refractivity contribution < 1.29 is 8.78 Å². The molecule has 2 rings (SSSR count). The summed E-state index contributed by atoms with van der Waals surface area (Å²) in [6, 6.07) is 2.39. The molecule has 108 valence electrons. The third kappa shape index (κ3) is 3.22. The van der Waals surface area contributed by atoms with E-state index in [1.165, 1.54) is 0 Å². The Morgan fingerprint density at radius 2 is 2.05 bits per heavy atom. The molecule has 1 aromatic carbocycles. The molecule has 3 nitrogen and oxygen atoms in total. The number of benzene rings is 1. The van der Waals surface area contributed by atoms with E-state index in [4.69, 9.17) is 0 Å². The van der Waals surface area contributed by atoms with Crippen LogP contribution >= 0.6 is 0 Å². The van der Waals surface area contributed by atoms with Crippen molar-refractivity contribution >= 4 is 0 Å². The van der Waals surface area contributed by atoms with Gasteiger partial charge in [0.2, 0.25) is 0 Å². The first kappa shape index (κ1) is 14.7. The van der Waals surface area contributed by atoms with E-state index in [0.717, 1.165) is 24.5 Å². The fraction of sp³-hybridized carbons (Fsp3) is 0.400. The van der Waals surface area contributed by atoms with Gasteiger partial charge in [0.15, 0.2) is 0 Å². The van der Waals surface area contributed by atoms with Gasteiger partial charge < -0.3 is 5.32 Å². The van der Waals surface area contributed by atoms with Crippen LogP contribution in [0.3, 0.4) is 0 Å². The van der Waals surface area contributed by atoms with Crippen LogP contribution in [0.5, 0.6) is 0 Å². The lowest BCUT2D eigenvalue weighted by Crippen LogP contribution is -2.19. The number of rotatable bonds is 5. The molecule has 1 unspecified atom stereocenters. The van der Waals surface area contributed by atoms with E-state index in [0.29, 0.717) is 11.1 Å². The van der Waals surface area contributed by atoms with Crippen LogP contribution in [0.25, 0.3) is 0 Å². The lowest BCUT2D eigenvalue weighted by molar-refractivity contribution is 0.499. The van der Waals surface area contributed by atoms with Crippen molar-refractivity contribution in [3.05, 3.63) is 52.9 Å². The van der Waals surface area contributed by atoms with Crippen LogP contribution in [0.15, 0.2) is 24.5 Å². The molecule has 0 aliphatic carbocycles. The molecule has 1 aromatic heterocycles. The molecule has 1 atom stereocenters. The van der Waals surface area contributed by atoms with Gasteiger partial charge in [-0.3, -0.25) is 4.68 Å². The maximum Gasteiger partial charge on any atom is 0.130 e. The van der Waals surface area contributed by atoms with E-state index in [1.54, 1.807) is 30.9 Å². The van der Waals surface area contributed by atoms with Gasteiger partial charge in [0.25, 0.3) is 0 Å². The van der Waals surface area contributed by atoms with E-state index >= 15 is 0 Å². The molecule has 5 heteroatoms. The average molecular weight is 279 g/mol. The summed E-state index contributed by atoms with van der Waals surface area (Å²) >= 11 is 0. The number of nitrogens with zero attached hydrogens (tertiary/aromatic N) is 2. The Labute approximate surface area is 117 Å². The first-order valence-corrected chi connectivity index (χ1v) is 6.61. The number of hydrogen-bond acceptors (Lipinski definition) is 2. The number of aryl methyl sites for hydroxylation is 3. The summed E-state index contributed by atoms with van der Waals surface area (Å²) in [7, 11) is 3.65. The van der Waals surface area contributed by atoms with Gasteiger partial charge >= 0.3 is 0 Å². The van der Waals surface area contributed by atoms with Crippen LogP contribution in [0.4, 0.5) is 8.78 Å². The molecule has 1 heterocycles. The minimum absolute atomic E-state index is 0.144. The average Bonchev–Trinajstić information content (AvgIpc) is 2.82. The Bertz CT molecular complexity index is 593. The van der Waals surface area contributed by atoms with Gasteiger partial charge in [-0.15, -0.1) is 0 Å². The van der Waals surface area contributed by atoms with Crippen molar-refractivity contribution in [3.8, 4) is 0 Å². The predicted molar refractivity (Wildman–Crippen MR) is 74.4 cm³/mol. The molecule has 0 aliphatic rings. The fourth-order valence-corrected chi connectivity index (χ4v) is 2.31. The van der Waals surface area contributed by atoms with Crippen molar-refractivity contribution in [2.45, 2.75) is 25.8 Å². The molecule has 0 radical (unpaired) electrons. The van der Waals surface area contributed by atoms with Crippen LogP contribution in [0.2, 0.25) is 0 Å². The second kappa shape index (κ2) is 6.13. The van der Waals surface area contributed by atoms with E-state index in [2.05, 4.69) is 10.4 Å². The third-order valence-corrected chi connectivity index (χ3v) is 3.48. The Balaban J connectivity index is 2.14. The fourth-order valence-electron chi connectivity index (χ4n) is 2.31. The highest BCUT2D eigenvalue weighted by Gasteiger charge is 2.16. The summed E-state index contributed by atoms with van der Waals surface area (Å²) in [6.07, 6.45) is 5.26. The maximum absolute atomic E-state index is 13.9. The zero-order valence-electron chi connectivity index (χ0n) is 12.0. The Morgan fingerprint density at radius 1 is 1.30 bits per heavy atom. The van der Waals surface area contributed by atoms with Crippen LogP contribution < -0.4 is 5.32 Å². The van der Waals surface area contributed by atoms with Crippen molar-refractivity contribution in [3.63, 3.8) is 0 Å². The van der Waals surface area contributed by atoms with Gasteiger partial charge in [0.05, 0.1) is 6.20 Å². The van der Waals surface area contributed by atoms with E-state index in [1.807, 2.05) is 13.2 Å². The summed E-state index contributed by atoms with van der Waals surface area (Å²) < 4.78 is 29.0. The standard InChI is InChI=1S/C15H19F2N3/c1-10-6-12(14(17)7-13(10)16)15(18-2)5-4-11-8-19-20(3)9-11/h6-9,15,18H,4-5H2,1-3H3. The second-order valence-electron chi connectivity index (χ2n) is 5.03. The normalized spacial score (nSPS) is 12.7. The molecule has 1 N–H and O–H groups in total. The van der Waals surface area contributed by atoms with Crippen molar-refractivity contribution in [2.75, 3.05) is 7.05 Å². The minimum atomic E-state index is -0.506. The molecular weight excluding hydrogens is 260 g/mol. The van der Waals surface area contributed by atoms with Crippen LogP contribution in [-0.2, 0) is 13.5 Å². The van der Waals surface area contributed by atoms with Gasteiger partial charge in [0, 0.05) is 30.9 Å². The summed E-state index contributed by atoms with van der Waals surface area (Å²) in [5.74, 6) is -1.01. The molecular formula is C15H19F2N3. The molecule has 0 bridgehead atoms. The number of nitrogens with one attached hydrogen (secondary N) is 1. The SMILES string of the molecule is CNC(CCc1cnn(C)c1)c1cc(C)c(F)cc1F. The largest absolute Gasteiger partial charge is 0.313 e. The summed E-state index contributed by atoms with van der Waals surface area (Å²) in [5, 5.41) is 7.20. The van der Waals surface area contributed by atoms with Gasteiger partial charge in [-0.25, -0.2) is 8.78 Å². The molecule has 0 saturated heterocycles. The first-order chi connectivity index (χ1) is 9.51. The maximum atomic E-state index is 13.9. The van der Waals surface area contributed by atoms with Gasteiger partial charge in [0.1, 0.15) is 11.6 Å². The van der Waals surface area contributed by atoms with E-state index < -0.39 is 11.6 Å². The second-order valence-corrected chi connectivity index (χ2v) is 5.03. The lowest BCUT2D eigenvalue weighted by atomic mass is 9.98. The summed E-state index contributed by atoms with van der Waals surface area (Å²) in [5.41, 5.74) is 2.07. The molecule has 0 amide bonds. The number of hydrogen-bond donors (Lipinski definition) is 1. The Morgan fingerprint density at radius 3 is 2.65 bits per heavy atom. The van der Waals surface area contributed by atoms with Gasteiger partial charge in [-0.1, -0.05) is 0 Å². The molecule has 0 saturated carbocycles. The van der Waals surface area contributed by atoms with Crippen LogP contribution in [-0.4, -0.2) is 16.8 Å². The minimum Gasteiger partial charge on any atom is -0.313 e.